The van der Waals surface area contributed by atoms with E-state index in [9.17, 15) is 0 Å². The summed E-state index contributed by atoms with van der Waals surface area (Å²) in [5.74, 6) is 3.49. The Hall–Kier alpha value is -1.34. The molecule has 0 heterocycles. The maximum absolute atomic E-state index is 8.55. The van der Waals surface area contributed by atoms with Crippen molar-refractivity contribution in [3.63, 3.8) is 0 Å². The molecule has 1 aromatic rings. The summed E-state index contributed by atoms with van der Waals surface area (Å²) in [7, 11) is 0. The monoisotopic (exact) mass is 321 g/mol. The van der Waals surface area contributed by atoms with Crippen LogP contribution in [0.1, 0.15) is 39.7 Å². The van der Waals surface area contributed by atoms with Crippen LogP contribution in [0, 0.1) is 22.5 Å². The Bertz CT molecular complexity index is 480. The fourth-order valence-corrected chi connectivity index (χ4v) is 2.23. The summed E-state index contributed by atoms with van der Waals surface area (Å²) in [6, 6.07) is 6.18. The molecule has 0 bridgehead atoms. The quantitative estimate of drug-likeness (QED) is 0.454. The molecule has 122 valence electrons. The van der Waals surface area contributed by atoms with Crippen LogP contribution in [0.2, 0.25) is 0 Å². The number of hydrogen-bond donors (Lipinski definition) is 0. The second-order valence-electron chi connectivity index (χ2n) is 6.23. The fourth-order valence-electron chi connectivity index (χ4n) is 1.85. The van der Waals surface area contributed by atoms with E-state index < -0.39 is 0 Å². The van der Waals surface area contributed by atoms with Crippen LogP contribution in [0.5, 0.6) is 11.5 Å². The van der Waals surface area contributed by atoms with E-state index in [0.29, 0.717) is 25.0 Å². The highest BCUT2D eigenvalue weighted by Gasteiger charge is 2.09. The summed E-state index contributed by atoms with van der Waals surface area (Å²) in [5, 5.41) is 10.7. The molecular formula is C18H27NO2S. The maximum Gasteiger partial charge on any atom is 0.161 e. The molecule has 4 heteroatoms. The van der Waals surface area contributed by atoms with Crippen molar-refractivity contribution in [3.8, 4) is 16.9 Å². The lowest BCUT2D eigenvalue weighted by Gasteiger charge is -2.16. The first-order valence-electron chi connectivity index (χ1n) is 7.92. The zero-order valence-electron chi connectivity index (χ0n) is 14.1. The standard InChI is InChI=1S/C18H27NO2S/c1-14(2)11-20-17-8-7-16(6-5-9-22-13-19)10-18(17)21-12-15(3)4/h7-8,10,14-15H,5-6,9,11-12H2,1-4H3. The van der Waals surface area contributed by atoms with Crippen LogP contribution in [-0.2, 0) is 6.42 Å². The van der Waals surface area contributed by atoms with Crippen molar-refractivity contribution in [2.24, 2.45) is 11.8 Å². The Morgan fingerprint density at radius 1 is 1.05 bits per heavy atom. The van der Waals surface area contributed by atoms with Crippen LogP contribution in [0.4, 0.5) is 0 Å². The molecule has 1 rings (SSSR count). The molecule has 1 aromatic carbocycles. The Morgan fingerprint density at radius 2 is 1.68 bits per heavy atom. The normalized spacial score (nSPS) is 10.8. The minimum Gasteiger partial charge on any atom is -0.489 e. The summed E-state index contributed by atoms with van der Waals surface area (Å²) in [4.78, 5) is 0. The molecule has 0 aliphatic rings. The summed E-state index contributed by atoms with van der Waals surface area (Å²) in [5.41, 5.74) is 1.23. The maximum atomic E-state index is 8.55. The lowest BCUT2D eigenvalue weighted by Crippen LogP contribution is -2.09. The number of rotatable bonds is 10. The minimum absolute atomic E-state index is 0.480. The van der Waals surface area contributed by atoms with Crippen molar-refractivity contribution in [1.29, 1.82) is 5.26 Å². The van der Waals surface area contributed by atoms with Gasteiger partial charge in [-0.2, -0.15) is 5.26 Å². The van der Waals surface area contributed by atoms with Crippen LogP contribution in [0.25, 0.3) is 0 Å². The van der Waals surface area contributed by atoms with E-state index in [1.54, 1.807) is 0 Å². The van der Waals surface area contributed by atoms with E-state index in [1.165, 1.54) is 17.3 Å². The second-order valence-corrected chi connectivity index (χ2v) is 7.11. The van der Waals surface area contributed by atoms with Crippen LogP contribution in [-0.4, -0.2) is 19.0 Å². The molecule has 0 atom stereocenters. The SMILES string of the molecule is CC(C)COc1ccc(CCCSC#N)cc1OCC(C)C. The molecule has 0 aliphatic carbocycles. The van der Waals surface area contributed by atoms with E-state index in [1.807, 2.05) is 6.07 Å². The van der Waals surface area contributed by atoms with E-state index in [4.69, 9.17) is 14.7 Å². The first-order valence-corrected chi connectivity index (χ1v) is 8.91. The first kappa shape index (κ1) is 18.7. The van der Waals surface area contributed by atoms with Gasteiger partial charge >= 0.3 is 0 Å². The van der Waals surface area contributed by atoms with Gasteiger partial charge in [-0.05, 0) is 54.1 Å². The molecule has 0 amide bonds. The number of thioether (sulfide) groups is 1. The van der Waals surface area contributed by atoms with Crippen LogP contribution >= 0.6 is 11.8 Å². The number of aryl methyl sites for hydroxylation is 1. The molecule has 0 radical (unpaired) electrons. The van der Waals surface area contributed by atoms with Gasteiger partial charge in [0.15, 0.2) is 11.5 Å². The van der Waals surface area contributed by atoms with Gasteiger partial charge in [0.25, 0.3) is 0 Å². The number of ether oxygens (including phenoxy) is 2. The number of nitriles is 1. The predicted molar refractivity (Wildman–Crippen MR) is 93.5 cm³/mol. The lowest BCUT2D eigenvalue weighted by atomic mass is 10.1. The van der Waals surface area contributed by atoms with Gasteiger partial charge < -0.3 is 9.47 Å². The summed E-state index contributed by atoms with van der Waals surface area (Å²) >= 11 is 1.31. The third kappa shape index (κ3) is 7.61. The first-order chi connectivity index (χ1) is 10.5. The third-order valence-corrected chi connectivity index (χ3v) is 3.55. The molecular weight excluding hydrogens is 294 g/mol. The zero-order chi connectivity index (χ0) is 16.4. The van der Waals surface area contributed by atoms with Gasteiger partial charge in [-0.3, -0.25) is 0 Å². The third-order valence-electron chi connectivity index (χ3n) is 2.93. The molecule has 0 unspecified atom stereocenters. The zero-order valence-corrected chi connectivity index (χ0v) is 14.9. The topological polar surface area (TPSA) is 42.2 Å². The van der Waals surface area contributed by atoms with Crippen molar-refractivity contribution in [2.75, 3.05) is 19.0 Å². The van der Waals surface area contributed by atoms with Gasteiger partial charge in [0.2, 0.25) is 0 Å². The van der Waals surface area contributed by atoms with Crippen LogP contribution in [0.3, 0.4) is 0 Å². The van der Waals surface area contributed by atoms with Crippen molar-refractivity contribution >= 4 is 11.8 Å². The molecule has 0 saturated heterocycles. The highest BCUT2D eigenvalue weighted by molar-refractivity contribution is 8.03. The van der Waals surface area contributed by atoms with Crippen molar-refractivity contribution in [2.45, 2.75) is 40.5 Å². The largest absolute Gasteiger partial charge is 0.489 e. The van der Waals surface area contributed by atoms with E-state index in [0.717, 1.165) is 30.1 Å². The highest BCUT2D eigenvalue weighted by atomic mass is 32.2. The van der Waals surface area contributed by atoms with Crippen LogP contribution in [0.15, 0.2) is 18.2 Å². The molecule has 0 N–H and O–H groups in total. The molecule has 0 spiro atoms. The summed E-state index contributed by atoms with van der Waals surface area (Å²) < 4.78 is 11.8. The molecule has 22 heavy (non-hydrogen) atoms. The fraction of sp³-hybridized carbons (Fsp3) is 0.611. The Morgan fingerprint density at radius 3 is 2.27 bits per heavy atom. The molecule has 0 aliphatic heterocycles. The van der Waals surface area contributed by atoms with Gasteiger partial charge in [0.1, 0.15) is 5.40 Å². The summed E-state index contributed by atoms with van der Waals surface area (Å²) in [6.45, 7) is 9.92. The van der Waals surface area contributed by atoms with Gasteiger partial charge in [0, 0.05) is 5.75 Å². The minimum atomic E-state index is 0.480. The Balaban J connectivity index is 2.72. The average Bonchev–Trinajstić information content (AvgIpc) is 2.48. The van der Waals surface area contributed by atoms with Gasteiger partial charge in [-0.15, -0.1) is 0 Å². The number of benzene rings is 1. The molecule has 0 saturated carbocycles. The van der Waals surface area contributed by atoms with Gasteiger partial charge in [-0.25, -0.2) is 0 Å². The van der Waals surface area contributed by atoms with Crippen molar-refractivity contribution < 1.29 is 9.47 Å². The molecule has 0 fully saturated rings. The van der Waals surface area contributed by atoms with Gasteiger partial charge in [-0.1, -0.05) is 33.8 Å². The van der Waals surface area contributed by atoms with Crippen molar-refractivity contribution in [1.82, 2.24) is 0 Å². The number of nitrogens with zero attached hydrogens (tertiary/aromatic N) is 1. The molecule has 3 nitrogen and oxygen atoms in total. The number of hydrogen-bond acceptors (Lipinski definition) is 4. The van der Waals surface area contributed by atoms with E-state index >= 15 is 0 Å². The van der Waals surface area contributed by atoms with Crippen molar-refractivity contribution in [3.05, 3.63) is 23.8 Å². The Labute approximate surface area is 139 Å². The second kappa shape index (κ2) is 10.4. The number of thiocyanates is 1. The lowest BCUT2D eigenvalue weighted by molar-refractivity contribution is 0.229. The van der Waals surface area contributed by atoms with Crippen LogP contribution < -0.4 is 9.47 Å². The Kier molecular flexibility index (Phi) is 8.84. The molecule has 0 aromatic heterocycles. The predicted octanol–water partition coefficient (Wildman–Crippen LogP) is 4.90. The van der Waals surface area contributed by atoms with E-state index in [-0.39, 0.29) is 0 Å². The highest BCUT2D eigenvalue weighted by Crippen LogP contribution is 2.30. The average molecular weight is 321 g/mol. The summed E-state index contributed by atoms with van der Waals surface area (Å²) in [6.07, 6.45) is 1.95. The van der Waals surface area contributed by atoms with Gasteiger partial charge in [0.05, 0.1) is 13.2 Å². The smallest absolute Gasteiger partial charge is 0.161 e. The van der Waals surface area contributed by atoms with E-state index in [2.05, 4.69) is 45.2 Å².